The van der Waals surface area contributed by atoms with Crippen molar-refractivity contribution in [2.75, 3.05) is 6.54 Å². The topological polar surface area (TPSA) is 154 Å². The molecule has 8 heterocycles. The van der Waals surface area contributed by atoms with Crippen molar-refractivity contribution in [2.24, 2.45) is 35.5 Å². The molecule has 0 amide bonds. The van der Waals surface area contributed by atoms with Gasteiger partial charge in [-0.2, -0.15) is 0 Å². The number of rotatable bonds is 9. The molecule has 0 aromatic carbocycles. The molecule has 2 unspecified atom stereocenters. The average Bonchev–Trinajstić information content (AvgIpc) is 3.86. The number of piperidine rings is 1. The minimum absolute atomic E-state index is 0.0245. The highest BCUT2D eigenvalue weighted by molar-refractivity contribution is 5.66. The molecule has 12 nitrogen and oxygen atoms in total. The molecule has 0 aromatic rings. The molecule has 7 saturated heterocycles. The molecule has 8 aliphatic heterocycles. The van der Waals surface area contributed by atoms with Gasteiger partial charge in [-0.15, -0.1) is 0 Å². The summed E-state index contributed by atoms with van der Waals surface area (Å²) in [5.41, 5.74) is 2.11. The molecule has 8 fully saturated rings. The number of aliphatic carboxylic acids is 1. The van der Waals surface area contributed by atoms with Crippen LogP contribution in [0.4, 0.5) is 0 Å². The van der Waals surface area contributed by atoms with Gasteiger partial charge >= 0.3 is 5.97 Å². The molecule has 0 aromatic heterocycles. The summed E-state index contributed by atoms with van der Waals surface area (Å²) < 4.78 is 47.8. The summed E-state index contributed by atoms with van der Waals surface area (Å²) in [6.45, 7) is 18.9. The third-order valence-corrected chi connectivity index (χ3v) is 16.5. The Bertz CT molecular complexity index is 1690. The molecule has 1 saturated carbocycles. The average molecular weight is 840 g/mol. The Morgan fingerprint density at radius 1 is 0.900 bits per heavy atom. The summed E-state index contributed by atoms with van der Waals surface area (Å²) in [6.07, 6.45) is 11.8. The second-order valence-corrected chi connectivity index (χ2v) is 21.4. The Morgan fingerprint density at radius 2 is 1.68 bits per heavy atom. The molecule has 336 valence electrons. The molecule has 3 spiro atoms. The van der Waals surface area contributed by atoms with Crippen LogP contribution in [0.25, 0.3) is 0 Å². The van der Waals surface area contributed by atoms with Gasteiger partial charge in [-0.05, 0) is 75.3 Å². The number of carbonyl (C=O) groups is 1. The molecule has 20 atom stereocenters. The van der Waals surface area contributed by atoms with Crippen molar-refractivity contribution in [1.82, 2.24) is 5.32 Å². The summed E-state index contributed by atoms with van der Waals surface area (Å²) >= 11 is 0. The number of aliphatic hydroxyl groups is 2. The van der Waals surface area contributed by atoms with Gasteiger partial charge in [0.1, 0.15) is 6.10 Å². The highest BCUT2D eigenvalue weighted by atomic mass is 16.8. The lowest BCUT2D eigenvalue weighted by molar-refractivity contribution is -0.366. The predicted octanol–water partition coefficient (Wildman–Crippen LogP) is 6.71. The van der Waals surface area contributed by atoms with Crippen LogP contribution in [0.3, 0.4) is 0 Å². The van der Waals surface area contributed by atoms with Crippen LogP contribution in [-0.2, 0) is 38.0 Å². The molecular formula is C48H73NO11. The van der Waals surface area contributed by atoms with Gasteiger partial charge in [0.05, 0.1) is 54.9 Å². The number of hydrogen-bond donors (Lipinski definition) is 4. The normalized spacial score (nSPS) is 51.8. The first-order chi connectivity index (χ1) is 28.5. The van der Waals surface area contributed by atoms with Gasteiger partial charge < -0.3 is 53.8 Å². The van der Waals surface area contributed by atoms with Gasteiger partial charge in [-0.25, -0.2) is 0 Å². The monoisotopic (exact) mass is 840 g/mol. The third-order valence-electron chi connectivity index (χ3n) is 16.5. The molecule has 9 rings (SSSR count). The number of fused-ring (bicyclic) bond motifs is 5. The molecule has 60 heavy (non-hydrogen) atoms. The van der Waals surface area contributed by atoms with Gasteiger partial charge in [0.2, 0.25) is 0 Å². The van der Waals surface area contributed by atoms with E-state index in [4.69, 9.17) is 38.3 Å². The summed E-state index contributed by atoms with van der Waals surface area (Å²) in [7, 11) is 0. The van der Waals surface area contributed by atoms with Crippen LogP contribution >= 0.6 is 0 Å². The van der Waals surface area contributed by atoms with Crippen molar-refractivity contribution < 1.29 is 53.3 Å². The first-order valence-electron chi connectivity index (χ1n) is 23.5. The molecule has 4 N–H and O–H groups in total. The SMILES string of the molecule is C=C(C[C@]12C[C@@H](C)C[C@@H](O1)[C@@H]1C[C@]3(C[C@H]1O2)NC[C@H](C)C[C@@H]3C)[C@H]1OC([C@@H](O)C2C[C@H]3O[C@@]4(CC[C@]5(CC(C)=C[C@@H](/C=C/CCC(=O)O)O5)O4)[C@H](C)C[C@H]3O2)C[C@H](O)[C@@H]1C. The number of hydrogen-bond acceptors (Lipinski definition) is 11. The quantitative estimate of drug-likeness (QED) is 0.183. The van der Waals surface area contributed by atoms with Crippen LogP contribution in [0, 0.1) is 35.5 Å². The van der Waals surface area contributed by atoms with E-state index in [-0.39, 0.29) is 54.3 Å². The maximum atomic E-state index is 12.0. The number of nitrogens with one attached hydrogen (secondary N) is 1. The smallest absolute Gasteiger partial charge is 0.303 e. The lowest BCUT2D eigenvalue weighted by Crippen LogP contribution is -2.57. The molecule has 1 aliphatic carbocycles. The highest BCUT2D eigenvalue weighted by Crippen LogP contribution is 2.57. The van der Waals surface area contributed by atoms with Crippen LogP contribution in [-0.4, -0.2) is 112 Å². The fraction of sp³-hybridized carbons (Fsp3) is 0.854. The second kappa shape index (κ2) is 16.4. The van der Waals surface area contributed by atoms with E-state index >= 15 is 0 Å². The summed E-state index contributed by atoms with van der Waals surface area (Å²) in [5.74, 6) is -1.34. The van der Waals surface area contributed by atoms with Crippen LogP contribution in [0.5, 0.6) is 0 Å². The van der Waals surface area contributed by atoms with Gasteiger partial charge in [-0.3, -0.25) is 4.79 Å². The third kappa shape index (κ3) is 8.15. The van der Waals surface area contributed by atoms with E-state index in [9.17, 15) is 15.0 Å². The number of carboxylic acid groups (broad SMARTS) is 1. The van der Waals surface area contributed by atoms with Gasteiger partial charge in [0.15, 0.2) is 17.4 Å². The van der Waals surface area contributed by atoms with Gasteiger partial charge in [0.25, 0.3) is 0 Å². The number of ether oxygens (including phenoxy) is 7. The Morgan fingerprint density at radius 3 is 2.47 bits per heavy atom. The number of allylic oxidation sites excluding steroid dienone is 1. The first-order valence-corrected chi connectivity index (χ1v) is 23.5. The van der Waals surface area contributed by atoms with Crippen LogP contribution < -0.4 is 5.32 Å². The van der Waals surface area contributed by atoms with Crippen LogP contribution in [0.15, 0.2) is 36.0 Å². The van der Waals surface area contributed by atoms with Gasteiger partial charge in [-0.1, -0.05) is 65.0 Å². The zero-order valence-electron chi connectivity index (χ0n) is 36.9. The van der Waals surface area contributed by atoms with E-state index in [1.807, 2.05) is 19.1 Å². The summed E-state index contributed by atoms with van der Waals surface area (Å²) in [5, 5.41) is 36.5. The maximum absolute atomic E-state index is 12.0. The van der Waals surface area contributed by atoms with Crippen LogP contribution in [0.1, 0.15) is 131 Å². The fourth-order valence-electron chi connectivity index (χ4n) is 13.4. The number of aliphatic hydroxyl groups excluding tert-OH is 2. The van der Waals surface area contributed by atoms with E-state index in [2.05, 4.69) is 52.6 Å². The Labute approximate surface area is 357 Å². The lowest BCUT2D eigenvalue weighted by Gasteiger charge is -2.53. The highest BCUT2D eigenvalue weighted by Gasteiger charge is 2.63. The van der Waals surface area contributed by atoms with Crippen molar-refractivity contribution in [3.63, 3.8) is 0 Å². The fourth-order valence-corrected chi connectivity index (χ4v) is 13.4. The number of carboxylic acids is 1. The standard InChI is InChI=1S/C48H73NO11/c1-26-15-33(10-8-9-11-42(51)52)56-46(20-26)12-13-48(60-46)31(6)17-37-38(59-48)19-40(54-37)43(53)39-18-35(50)32(7)44(55-39)29(4)22-47-21-27(2)16-36(57-47)34-23-45(24-41(34)58-47)30(5)14-28(3)25-49-45/h8,10,15,27-28,30-41,43-44,49-50,53H,4,9,11-14,16-25H2,1-3,5-7H3,(H,51,52)/b10-8+/t27-,28+,30-,31+,32-,33+,34-,35-,36+,37+,38+,39?,40?,41+,43+,44+,45+,46+,47+,48+/m0/s1. The van der Waals surface area contributed by atoms with Crippen molar-refractivity contribution >= 4 is 5.97 Å². The lowest BCUT2D eigenvalue weighted by atomic mass is 9.74. The van der Waals surface area contributed by atoms with Crippen LogP contribution in [0.2, 0.25) is 0 Å². The predicted molar refractivity (Wildman–Crippen MR) is 222 cm³/mol. The van der Waals surface area contributed by atoms with Crippen molar-refractivity contribution in [1.29, 1.82) is 0 Å². The largest absolute Gasteiger partial charge is 0.481 e. The van der Waals surface area contributed by atoms with E-state index in [1.165, 1.54) is 6.42 Å². The summed E-state index contributed by atoms with van der Waals surface area (Å²) in [4.78, 5) is 11.0. The summed E-state index contributed by atoms with van der Waals surface area (Å²) in [6, 6.07) is 0. The zero-order chi connectivity index (χ0) is 42.4. The van der Waals surface area contributed by atoms with Gasteiger partial charge in [0, 0.05) is 74.7 Å². The Kier molecular flexibility index (Phi) is 11.9. The van der Waals surface area contributed by atoms with Crippen molar-refractivity contribution in [3.8, 4) is 0 Å². The molecule has 0 radical (unpaired) electrons. The molecule has 12 heteroatoms. The van der Waals surface area contributed by atoms with Crippen molar-refractivity contribution in [2.45, 2.75) is 215 Å². The molecule has 2 bridgehead atoms. The minimum Gasteiger partial charge on any atom is -0.481 e. The molecule has 9 aliphatic rings. The Hall–Kier alpha value is -1.71. The molecular weight excluding hydrogens is 767 g/mol. The van der Waals surface area contributed by atoms with Crippen molar-refractivity contribution in [3.05, 3.63) is 36.0 Å². The Balaban J connectivity index is 0.832. The first kappa shape index (κ1) is 43.5. The van der Waals surface area contributed by atoms with E-state index in [1.54, 1.807) is 0 Å². The zero-order valence-corrected chi connectivity index (χ0v) is 36.9. The second-order valence-electron chi connectivity index (χ2n) is 21.4. The van der Waals surface area contributed by atoms with E-state index < -0.39 is 53.9 Å². The van der Waals surface area contributed by atoms with E-state index in [0.717, 1.165) is 49.8 Å². The maximum Gasteiger partial charge on any atom is 0.303 e. The minimum atomic E-state index is -0.968. The van der Waals surface area contributed by atoms with E-state index in [0.29, 0.717) is 68.6 Å².